The predicted molar refractivity (Wildman–Crippen MR) is 65.6 cm³/mol. The van der Waals surface area contributed by atoms with E-state index in [2.05, 4.69) is 9.97 Å². The van der Waals surface area contributed by atoms with E-state index < -0.39 is 11.5 Å². The van der Waals surface area contributed by atoms with Gasteiger partial charge < -0.3 is 14.8 Å². The Balaban J connectivity index is 3.12. The van der Waals surface area contributed by atoms with Crippen molar-refractivity contribution < 1.29 is 14.6 Å². The van der Waals surface area contributed by atoms with Crippen LogP contribution in [0.15, 0.2) is 4.79 Å². The molecule has 0 aliphatic rings. The molecule has 6 nitrogen and oxygen atoms in total. The van der Waals surface area contributed by atoms with Crippen LogP contribution in [0.25, 0.3) is 0 Å². The molecular formula is C12H18N2O4. The molecule has 0 bridgehead atoms. The van der Waals surface area contributed by atoms with E-state index >= 15 is 0 Å². The van der Waals surface area contributed by atoms with Crippen LogP contribution < -0.4 is 5.56 Å². The summed E-state index contributed by atoms with van der Waals surface area (Å²) < 4.78 is 5.46. The minimum Gasteiger partial charge on any atom is -0.481 e. The quantitative estimate of drug-likeness (QED) is 0.795. The number of H-pyrrole nitrogens is 1. The maximum absolute atomic E-state index is 11.8. The van der Waals surface area contributed by atoms with Crippen molar-refractivity contribution in [2.75, 3.05) is 6.61 Å². The van der Waals surface area contributed by atoms with Gasteiger partial charge in [-0.1, -0.05) is 6.92 Å². The van der Waals surface area contributed by atoms with E-state index in [4.69, 9.17) is 9.84 Å². The summed E-state index contributed by atoms with van der Waals surface area (Å²) >= 11 is 0. The van der Waals surface area contributed by atoms with Gasteiger partial charge in [-0.25, -0.2) is 4.98 Å². The summed E-state index contributed by atoms with van der Waals surface area (Å²) in [4.78, 5) is 29.3. The molecule has 0 spiro atoms. The largest absolute Gasteiger partial charge is 0.481 e. The molecule has 0 saturated heterocycles. The first-order chi connectivity index (χ1) is 8.49. The standard InChI is InChI=1S/C12H18N2O4/c1-4-9(18-5-2)11-13-7(3)8(6-10(15)16)12(17)14-11/h9H,4-6H2,1-3H3,(H,15,16)(H,13,14,17). The van der Waals surface area contributed by atoms with Gasteiger partial charge in [-0.05, 0) is 20.3 Å². The van der Waals surface area contributed by atoms with E-state index in [9.17, 15) is 9.59 Å². The Hall–Kier alpha value is -1.69. The number of hydrogen-bond acceptors (Lipinski definition) is 4. The van der Waals surface area contributed by atoms with Gasteiger partial charge in [-0.3, -0.25) is 9.59 Å². The number of hydrogen-bond donors (Lipinski definition) is 2. The molecule has 18 heavy (non-hydrogen) atoms. The van der Waals surface area contributed by atoms with Crippen molar-refractivity contribution in [1.82, 2.24) is 9.97 Å². The average molecular weight is 254 g/mol. The fraction of sp³-hybridized carbons (Fsp3) is 0.583. The molecule has 0 fully saturated rings. The Kier molecular flexibility index (Phi) is 5.03. The minimum absolute atomic E-state index is 0.192. The lowest BCUT2D eigenvalue weighted by atomic mass is 10.1. The van der Waals surface area contributed by atoms with E-state index in [0.717, 1.165) is 0 Å². The third kappa shape index (κ3) is 3.40. The Bertz CT molecular complexity index is 481. The van der Waals surface area contributed by atoms with Crippen molar-refractivity contribution in [3.63, 3.8) is 0 Å². The van der Waals surface area contributed by atoms with Crippen LogP contribution in [-0.2, 0) is 16.0 Å². The molecule has 0 aliphatic heterocycles. The number of nitrogens with zero attached hydrogens (tertiary/aromatic N) is 1. The highest BCUT2D eigenvalue weighted by Gasteiger charge is 2.16. The third-order valence-corrected chi connectivity index (χ3v) is 2.61. The number of aromatic nitrogens is 2. The van der Waals surface area contributed by atoms with Crippen LogP contribution >= 0.6 is 0 Å². The summed E-state index contributed by atoms with van der Waals surface area (Å²) in [5.41, 5.74) is 0.227. The molecule has 1 aromatic heterocycles. The lowest BCUT2D eigenvalue weighted by Crippen LogP contribution is -2.23. The first kappa shape index (κ1) is 14.4. The molecule has 0 saturated carbocycles. The molecule has 0 aromatic carbocycles. The lowest BCUT2D eigenvalue weighted by molar-refractivity contribution is -0.136. The van der Waals surface area contributed by atoms with Crippen LogP contribution in [0.2, 0.25) is 0 Å². The summed E-state index contributed by atoms with van der Waals surface area (Å²) in [5.74, 6) is -0.592. The molecule has 1 aromatic rings. The normalized spacial score (nSPS) is 12.4. The van der Waals surface area contributed by atoms with Crippen molar-refractivity contribution in [2.45, 2.75) is 39.7 Å². The van der Waals surface area contributed by atoms with E-state index in [1.165, 1.54) is 0 Å². The van der Waals surface area contributed by atoms with Gasteiger partial charge in [0.2, 0.25) is 0 Å². The Morgan fingerprint density at radius 3 is 2.61 bits per heavy atom. The van der Waals surface area contributed by atoms with Crippen molar-refractivity contribution in [2.24, 2.45) is 0 Å². The fourth-order valence-corrected chi connectivity index (χ4v) is 1.74. The molecular weight excluding hydrogens is 236 g/mol. The number of rotatable bonds is 6. The fourth-order valence-electron chi connectivity index (χ4n) is 1.74. The van der Waals surface area contributed by atoms with Gasteiger partial charge in [0.1, 0.15) is 11.9 Å². The zero-order valence-electron chi connectivity index (χ0n) is 10.8. The van der Waals surface area contributed by atoms with Crippen LogP contribution in [-0.4, -0.2) is 27.7 Å². The molecule has 0 amide bonds. The second-order valence-electron chi connectivity index (χ2n) is 3.94. The van der Waals surface area contributed by atoms with Crippen LogP contribution in [0, 0.1) is 6.92 Å². The molecule has 0 aliphatic carbocycles. The van der Waals surface area contributed by atoms with E-state index in [1.807, 2.05) is 13.8 Å². The summed E-state index contributed by atoms with van der Waals surface area (Å²) in [6.45, 7) is 5.96. The second-order valence-corrected chi connectivity index (χ2v) is 3.94. The molecule has 100 valence electrons. The van der Waals surface area contributed by atoms with Crippen molar-refractivity contribution in [3.8, 4) is 0 Å². The van der Waals surface area contributed by atoms with Crippen LogP contribution in [0.4, 0.5) is 0 Å². The number of aryl methyl sites for hydroxylation is 1. The zero-order valence-corrected chi connectivity index (χ0v) is 10.8. The Morgan fingerprint density at radius 2 is 2.17 bits per heavy atom. The van der Waals surface area contributed by atoms with Crippen molar-refractivity contribution in [3.05, 3.63) is 27.4 Å². The zero-order chi connectivity index (χ0) is 13.7. The van der Waals surface area contributed by atoms with E-state index in [-0.39, 0.29) is 18.1 Å². The molecule has 6 heteroatoms. The second kappa shape index (κ2) is 6.30. The number of ether oxygens (including phenoxy) is 1. The Labute approximate surface area is 105 Å². The third-order valence-electron chi connectivity index (χ3n) is 2.61. The first-order valence-electron chi connectivity index (χ1n) is 5.92. The first-order valence-corrected chi connectivity index (χ1v) is 5.92. The molecule has 0 radical (unpaired) electrons. The van der Waals surface area contributed by atoms with E-state index in [1.54, 1.807) is 6.92 Å². The maximum Gasteiger partial charge on any atom is 0.308 e. The van der Waals surface area contributed by atoms with Gasteiger partial charge in [0.05, 0.1) is 6.42 Å². The van der Waals surface area contributed by atoms with Crippen LogP contribution in [0.1, 0.15) is 43.5 Å². The van der Waals surface area contributed by atoms with Gasteiger partial charge in [0, 0.05) is 17.9 Å². The van der Waals surface area contributed by atoms with Crippen molar-refractivity contribution >= 4 is 5.97 Å². The molecule has 1 unspecified atom stereocenters. The van der Waals surface area contributed by atoms with Crippen molar-refractivity contribution in [1.29, 1.82) is 0 Å². The van der Waals surface area contributed by atoms with Gasteiger partial charge in [0.25, 0.3) is 5.56 Å². The highest BCUT2D eigenvalue weighted by molar-refractivity contribution is 5.70. The predicted octanol–water partition coefficient (Wildman–Crippen LogP) is 1.19. The number of carboxylic acid groups (broad SMARTS) is 1. The average Bonchev–Trinajstić information content (AvgIpc) is 2.30. The summed E-state index contributed by atoms with van der Waals surface area (Å²) in [5, 5.41) is 8.72. The molecule has 2 N–H and O–H groups in total. The lowest BCUT2D eigenvalue weighted by Gasteiger charge is -2.15. The maximum atomic E-state index is 11.8. The molecule has 1 heterocycles. The summed E-state index contributed by atoms with van der Waals surface area (Å²) in [7, 11) is 0. The highest BCUT2D eigenvalue weighted by Crippen LogP contribution is 2.16. The monoisotopic (exact) mass is 254 g/mol. The Morgan fingerprint density at radius 1 is 1.50 bits per heavy atom. The van der Waals surface area contributed by atoms with Gasteiger partial charge in [-0.2, -0.15) is 0 Å². The van der Waals surface area contributed by atoms with Gasteiger partial charge in [-0.15, -0.1) is 0 Å². The number of aliphatic carboxylic acids is 1. The SMILES string of the molecule is CCOC(CC)c1nc(C)c(CC(=O)O)c(=O)[nH]1. The van der Waals surface area contributed by atoms with Crippen LogP contribution in [0.3, 0.4) is 0 Å². The van der Waals surface area contributed by atoms with E-state index in [0.29, 0.717) is 24.5 Å². The number of carbonyl (C=O) groups is 1. The van der Waals surface area contributed by atoms with Crippen LogP contribution in [0.5, 0.6) is 0 Å². The molecule has 1 rings (SSSR count). The molecule has 1 atom stereocenters. The summed E-state index contributed by atoms with van der Waals surface area (Å²) in [6, 6.07) is 0. The highest BCUT2D eigenvalue weighted by atomic mass is 16.5. The van der Waals surface area contributed by atoms with Gasteiger partial charge >= 0.3 is 5.97 Å². The topological polar surface area (TPSA) is 92.3 Å². The van der Waals surface area contributed by atoms with Gasteiger partial charge in [0.15, 0.2) is 0 Å². The number of aromatic amines is 1. The number of carboxylic acids is 1. The minimum atomic E-state index is -1.05. The number of nitrogens with one attached hydrogen (secondary N) is 1. The smallest absolute Gasteiger partial charge is 0.308 e. The summed E-state index contributed by atoms with van der Waals surface area (Å²) in [6.07, 6.45) is 0.106.